The van der Waals surface area contributed by atoms with Gasteiger partial charge in [-0.1, -0.05) is 30.3 Å². The highest BCUT2D eigenvalue weighted by Gasteiger charge is 2.35. The smallest absolute Gasteiger partial charge is 0.417 e. The van der Waals surface area contributed by atoms with Gasteiger partial charge in [-0.2, -0.15) is 18.3 Å². The van der Waals surface area contributed by atoms with E-state index in [1.807, 2.05) is 0 Å². The molecule has 10 heteroatoms. The number of nitrogen functional groups attached to an aromatic ring is 1. The van der Waals surface area contributed by atoms with Gasteiger partial charge in [0.1, 0.15) is 5.69 Å². The van der Waals surface area contributed by atoms with Crippen molar-refractivity contribution in [2.75, 3.05) is 5.73 Å². The molecule has 3 rings (SSSR count). The monoisotopic (exact) mass is 336 g/mol. The maximum Gasteiger partial charge on any atom is 0.435 e. The number of anilines is 1. The fourth-order valence-electron chi connectivity index (χ4n) is 1.96. The molecule has 0 aliphatic carbocycles. The molecule has 0 fully saturated rings. The summed E-state index contributed by atoms with van der Waals surface area (Å²) >= 11 is 0. The van der Waals surface area contributed by atoms with Gasteiger partial charge in [0.2, 0.25) is 11.8 Å². The molecule has 3 aromatic rings. The average Bonchev–Trinajstić information content (AvgIpc) is 2.91. The van der Waals surface area contributed by atoms with Crippen LogP contribution in [0.4, 0.5) is 19.1 Å². The van der Waals surface area contributed by atoms with E-state index in [1.54, 1.807) is 30.3 Å². The zero-order valence-corrected chi connectivity index (χ0v) is 12.3. The number of halogens is 3. The van der Waals surface area contributed by atoms with E-state index in [9.17, 15) is 13.2 Å². The fourth-order valence-corrected chi connectivity index (χ4v) is 1.96. The molecule has 0 aliphatic rings. The fraction of sp³-hybridized carbons (Fsp3) is 0.143. The summed E-state index contributed by atoms with van der Waals surface area (Å²) in [7, 11) is 1.32. The van der Waals surface area contributed by atoms with Crippen molar-refractivity contribution in [1.29, 1.82) is 0 Å². The van der Waals surface area contributed by atoms with E-state index in [1.165, 1.54) is 7.05 Å². The Hall–Kier alpha value is -3.17. The van der Waals surface area contributed by atoms with Crippen molar-refractivity contribution in [3.63, 3.8) is 0 Å². The quantitative estimate of drug-likeness (QED) is 0.790. The molecule has 0 aliphatic heterocycles. The first-order valence-corrected chi connectivity index (χ1v) is 6.69. The number of rotatable bonds is 3. The van der Waals surface area contributed by atoms with Crippen LogP contribution < -0.4 is 10.5 Å². The first-order chi connectivity index (χ1) is 11.3. The van der Waals surface area contributed by atoms with Crippen LogP contribution in [0.25, 0.3) is 11.3 Å². The third-order valence-corrected chi connectivity index (χ3v) is 3.05. The highest BCUT2D eigenvalue weighted by Crippen LogP contribution is 2.33. The number of ether oxygens (including phenoxy) is 1. The second-order valence-electron chi connectivity index (χ2n) is 4.78. The van der Waals surface area contributed by atoms with Crippen molar-refractivity contribution in [2.45, 2.75) is 6.18 Å². The van der Waals surface area contributed by atoms with Gasteiger partial charge < -0.3 is 10.5 Å². The number of nitrogens with zero attached hydrogens (tertiary/aromatic N) is 5. The minimum Gasteiger partial charge on any atom is -0.417 e. The van der Waals surface area contributed by atoms with E-state index < -0.39 is 11.9 Å². The molecule has 0 saturated heterocycles. The summed E-state index contributed by atoms with van der Waals surface area (Å²) in [6, 6.07) is 9.58. The zero-order valence-electron chi connectivity index (χ0n) is 12.3. The molecule has 2 heterocycles. The number of alkyl halides is 3. The van der Waals surface area contributed by atoms with Crippen molar-refractivity contribution in [3.05, 3.63) is 42.1 Å². The minimum atomic E-state index is -4.58. The van der Waals surface area contributed by atoms with Gasteiger partial charge in [0, 0.05) is 18.7 Å². The van der Waals surface area contributed by atoms with Crippen LogP contribution in [0.1, 0.15) is 5.69 Å². The molecule has 2 aromatic heterocycles. The van der Waals surface area contributed by atoms with Gasteiger partial charge in [0.05, 0.1) is 0 Å². The zero-order chi connectivity index (χ0) is 17.3. The topological polar surface area (TPSA) is 91.7 Å². The SMILES string of the molecule is Cn1nc(C(F)(F)F)cc1Oc1nnc(N)nc1-c1ccccc1. The highest BCUT2D eigenvalue weighted by molar-refractivity contribution is 5.65. The Morgan fingerprint density at radius 3 is 2.46 bits per heavy atom. The first-order valence-electron chi connectivity index (χ1n) is 6.69. The predicted octanol–water partition coefficient (Wildman–Crippen LogP) is 2.67. The normalized spacial score (nSPS) is 11.5. The van der Waals surface area contributed by atoms with Crippen LogP contribution in [0.2, 0.25) is 0 Å². The van der Waals surface area contributed by atoms with Gasteiger partial charge in [-0.25, -0.2) is 9.67 Å². The summed E-state index contributed by atoms with van der Waals surface area (Å²) in [6.07, 6.45) is -4.58. The Labute approximate surface area is 133 Å². The van der Waals surface area contributed by atoms with Gasteiger partial charge in [-0.3, -0.25) is 0 Å². The Morgan fingerprint density at radius 1 is 1.12 bits per heavy atom. The summed E-state index contributed by atoms with van der Waals surface area (Å²) < 4.78 is 44.6. The van der Waals surface area contributed by atoms with Crippen LogP contribution in [0.15, 0.2) is 36.4 Å². The molecular formula is C14H11F3N6O. The van der Waals surface area contributed by atoms with Crippen LogP contribution in [0, 0.1) is 0 Å². The summed E-state index contributed by atoms with van der Waals surface area (Å²) in [5.74, 6) is -0.310. The van der Waals surface area contributed by atoms with E-state index in [0.29, 0.717) is 5.56 Å². The molecule has 0 saturated carbocycles. The molecule has 0 atom stereocenters. The number of hydrogen-bond acceptors (Lipinski definition) is 6. The Kier molecular flexibility index (Phi) is 3.80. The Bertz CT molecular complexity index is 863. The molecule has 24 heavy (non-hydrogen) atoms. The Balaban J connectivity index is 2.01. The average molecular weight is 336 g/mol. The van der Waals surface area contributed by atoms with Gasteiger partial charge >= 0.3 is 6.18 Å². The van der Waals surface area contributed by atoms with Crippen molar-refractivity contribution >= 4 is 5.95 Å². The van der Waals surface area contributed by atoms with Crippen LogP contribution in [0.5, 0.6) is 11.8 Å². The number of aryl methyl sites for hydroxylation is 1. The molecule has 0 bridgehead atoms. The molecule has 124 valence electrons. The maximum atomic E-state index is 12.7. The predicted molar refractivity (Wildman–Crippen MR) is 78.0 cm³/mol. The summed E-state index contributed by atoms with van der Waals surface area (Å²) in [5, 5.41) is 10.7. The second-order valence-corrected chi connectivity index (χ2v) is 4.78. The lowest BCUT2D eigenvalue weighted by molar-refractivity contribution is -0.141. The van der Waals surface area contributed by atoms with Crippen LogP contribution in [0.3, 0.4) is 0 Å². The van der Waals surface area contributed by atoms with E-state index in [0.717, 1.165) is 10.7 Å². The van der Waals surface area contributed by atoms with Crippen LogP contribution in [-0.2, 0) is 13.2 Å². The Morgan fingerprint density at radius 2 is 1.83 bits per heavy atom. The molecule has 7 nitrogen and oxygen atoms in total. The summed E-state index contributed by atoms with van der Waals surface area (Å²) in [4.78, 5) is 4.05. The lowest BCUT2D eigenvalue weighted by Gasteiger charge is -2.08. The van der Waals surface area contributed by atoms with Crippen molar-refractivity contribution in [3.8, 4) is 23.0 Å². The molecule has 0 amide bonds. The van der Waals surface area contributed by atoms with Crippen LogP contribution in [-0.4, -0.2) is 25.0 Å². The highest BCUT2D eigenvalue weighted by atomic mass is 19.4. The van der Waals surface area contributed by atoms with E-state index in [4.69, 9.17) is 10.5 Å². The number of nitrogens with two attached hydrogens (primary N) is 1. The lowest BCUT2D eigenvalue weighted by atomic mass is 10.1. The molecule has 2 N–H and O–H groups in total. The van der Waals surface area contributed by atoms with Crippen molar-refractivity contribution in [1.82, 2.24) is 25.0 Å². The van der Waals surface area contributed by atoms with Gasteiger partial charge in [-0.05, 0) is 0 Å². The van der Waals surface area contributed by atoms with Gasteiger partial charge in [0.25, 0.3) is 5.88 Å². The standard InChI is InChI=1S/C14H11F3N6O/c1-23-10(7-9(22-23)14(15,16)17)24-12-11(19-13(18)21-20-12)8-5-3-2-4-6-8/h2-7H,1H3,(H2,18,19,21). The minimum absolute atomic E-state index is 0.0767. The van der Waals surface area contributed by atoms with Gasteiger partial charge in [0.15, 0.2) is 5.69 Å². The number of aromatic nitrogens is 5. The van der Waals surface area contributed by atoms with E-state index >= 15 is 0 Å². The second kappa shape index (κ2) is 5.80. The van der Waals surface area contributed by atoms with E-state index in [-0.39, 0.29) is 23.4 Å². The number of hydrogen-bond donors (Lipinski definition) is 1. The summed E-state index contributed by atoms with van der Waals surface area (Å²) in [6.45, 7) is 0. The molecule has 1 aromatic carbocycles. The van der Waals surface area contributed by atoms with Crippen LogP contribution >= 0.6 is 0 Å². The third-order valence-electron chi connectivity index (χ3n) is 3.05. The number of benzene rings is 1. The first kappa shape index (κ1) is 15.7. The largest absolute Gasteiger partial charge is 0.435 e. The molecular weight excluding hydrogens is 325 g/mol. The third kappa shape index (κ3) is 3.12. The lowest BCUT2D eigenvalue weighted by Crippen LogP contribution is -2.06. The van der Waals surface area contributed by atoms with Crippen molar-refractivity contribution in [2.24, 2.45) is 7.05 Å². The molecule has 0 radical (unpaired) electrons. The van der Waals surface area contributed by atoms with Crippen molar-refractivity contribution < 1.29 is 17.9 Å². The summed E-state index contributed by atoms with van der Waals surface area (Å²) in [5.41, 5.74) is 5.36. The molecule has 0 spiro atoms. The maximum absolute atomic E-state index is 12.7. The van der Waals surface area contributed by atoms with Gasteiger partial charge in [-0.15, -0.1) is 10.2 Å². The van der Waals surface area contributed by atoms with E-state index in [2.05, 4.69) is 20.3 Å². The molecule has 0 unspecified atom stereocenters.